The van der Waals surface area contributed by atoms with Gasteiger partial charge in [-0.25, -0.2) is 4.39 Å². The van der Waals surface area contributed by atoms with Crippen LogP contribution in [0.1, 0.15) is 0 Å². The van der Waals surface area contributed by atoms with Crippen molar-refractivity contribution in [3.63, 3.8) is 0 Å². The molecule has 0 heterocycles. The van der Waals surface area contributed by atoms with Crippen molar-refractivity contribution in [2.24, 2.45) is 15.9 Å². The third-order valence-corrected chi connectivity index (χ3v) is 1.95. The second-order valence-corrected chi connectivity index (χ2v) is 3.03. The van der Waals surface area contributed by atoms with Gasteiger partial charge in [-0.1, -0.05) is 0 Å². The molecule has 0 bridgehead atoms. The van der Waals surface area contributed by atoms with Crippen LogP contribution < -0.4 is 5.84 Å². The fourth-order valence-corrected chi connectivity index (χ4v) is 1.09. The van der Waals surface area contributed by atoms with Crippen LogP contribution in [0.3, 0.4) is 0 Å². The van der Waals surface area contributed by atoms with E-state index < -0.39 is 0 Å². The number of nitrogens with two attached hydrogens (primary N) is 1. The molecule has 0 unspecified atom stereocenters. The molecule has 13 heavy (non-hydrogen) atoms. The third kappa shape index (κ3) is 2.95. The average molecular weight is 244 g/mol. The van der Waals surface area contributed by atoms with E-state index in [9.17, 15) is 4.39 Å². The second kappa shape index (κ2) is 4.71. The van der Waals surface area contributed by atoms with E-state index in [1.807, 2.05) is 0 Å². The molecule has 1 rings (SSSR count). The minimum atomic E-state index is -0.333. The zero-order chi connectivity index (χ0) is 9.68. The van der Waals surface area contributed by atoms with Crippen LogP contribution in [0.4, 0.5) is 10.1 Å². The third-order valence-electron chi connectivity index (χ3n) is 1.27. The van der Waals surface area contributed by atoms with Crippen LogP contribution in [-0.2, 0) is 0 Å². The van der Waals surface area contributed by atoms with E-state index >= 15 is 0 Å². The van der Waals surface area contributed by atoms with Crippen LogP contribution in [0.2, 0.25) is 0 Å². The molecule has 1 aromatic rings. The van der Waals surface area contributed by atoms with Crippen molar-refractivity contribution in [2.45, 2.75) is 0 Å². The molecule has 0 amide bonds. The number of aliphatic imine (C=N–C) groups is 1. The van der Waals surface area contributed by atoms with Crippen LogP contribution in [0.5, 0.6) is 0 Å². The Kier molecular flexibility index (Phi) is 3.57. The summed E-state index contributed by atoms with van der Waals surface area (Å²) in [7, 11) is 0. The van der Waals surface area contributed by atoms with Gasteiger partial charge < -0.3 is 5.84 Å². The fourth-order valence-electron chi connectivity index (χ4n) is 0.737. The zero-order valence-corrected chi connectivity index (χ0v) is 8.20. The maximum Gasteiger partial charge on any atom is 0.125 e. The molecule has 0 aliphatic heterocycles. The molecule has 0 aliphatic rings. The molecule has 0 fully saturated rings. The van der Waals surface area contributed by atoms with Crippen molar-refractivity contribution in [1.82, 2.24) is 0 Å². The van der Waals surface area contributed by atoms with Crippen LogP contribution in [0, 0.1) is 5.82 Å². The molecule has 0 atom stereocenters. The highest BCUT2D eigenvalue weighted by molar-refractivity contribution is 9.10. The van der Waals surface area contributed by atoms with Crippen molar-refractivity contribution in [3.05, 3.63) is 28.5 Å². The first-order chi connectivity index (χ1) is 6.24. The molecular weight excluding hydrogens is 237 g/mol. The lowest BCUT2D eigenvalue weighted by Crippen LogP contribution is -1.83. The lowest BCUT2D eigenvalue weighted by molar-refractivity contribution is 0.628. The van der Waals surface area contributed by atoms with Crippen LogP contribution in [0.15, 0.2) is 32.8 Å². The second-order valence-electron chi connectivity index (χ2n) is 2.17. The largest absolute Gasteiger partial charge is 0.323 e. The predicted octanol–water partition coefficient (Wildman–Crippen LogP) is 2.24. The Bertz CT molecular complexity index is 349. The smallest absolute Gasteiger partial charge is 0.125 e. The van der Waals surface area contributed by atoms with Gasteiger partial charge in [-0.2, -0.15) is 5.10 Å². The monoisotopic (exact) mass is 243 g/mol. The van der Waals surface area contributed by atoms with Crippen molar-refractivity contribution >= 4 is 34.0 Å². The van der Waals surface area contributed by atoms with E-state index in [0.717, 1.165) is 4.47 Å². The number of hydrogen-bond acceptors (Lipinski definition) is 3. The molecule has 0 aromatic heterocycles. The Labute approximate surface area is 83.3 Å². The summed E-state index contributed by atoms with van der Waals surface area (Å²) in [6.07, 6.45) is 2.71. The van der Waals surface area contributed by atoms with Crippen LogP contribution >= 0.6 is 15.9 Å². The normalized spacial score (nSPS) is 11.5. The SMILES string of the molecule is NN=CC=Nc1cc(F)ccc1Br. The first-order valence-corrected chi connectivity index (χ1v) is 4.24. The van der Waals surface area contributed by atoms with Gasteiger partial charge in [-0.05, 0) is 28.1 Å². The Morgan fingerprint density at radius 3 is 2.85 bits per heavy atom. The van der Waals surface area contributed by atoms with E-state index in [0.29, 0.717) is 5.69 Å². The minimum Gasteiger partial charge on any atom is -0.323 e. The van der Waals surface area contributed by atoms with Gasteiger partial charge in [-0.15, -0.1) is 0 Å². The maximum atomic E-state index is 12.7. The first-order valence-electron chi connectivity index (χ1n) is 3.45. The summed E-state index contributed by atoms with van der Waals surface area (Å²) in [5.74, 6) is 4.52. The van der Waals surface area contributed by atoms with Crippen LogP contribution in [0.25, 0.3) is 0 Å². The van der Waals surface area contributed by atoms with Gasteiger partial charge in [0.15, 0.2) is 0 Å². The molecule has 3 nitrogen and oxygen atoms in total. The van der Waals surface area contributed by atoms with E-state index in [-0.39, 0.29) is 5.82 Å². The Morgan fingerprint density at radius 1 is 1.38 bits per heavy atom. The van der Waals surface area contributed by atoms with Gasteiger partial charge in [0.2, 0.25) is 0 Å². The molecule has 0 saturated carbocycles. The predicted molar refractivity (Wildman–Crippen MR) is 54.9 cm³/mol. The van der Waals surface area contributed by atoms with Crippen molar-refractivity contribution < 1.29 is 4.39 Å². The summed E-state index contributed by atoms with van der Waals surface area (Å²) in [6, 6.07) is 4.24. The fraction of sp³-hybridized carbons (Fsp3) is 0. The molecule has 5 heteroatoms. The average Bonchev–Trinajstić information content (AvgIpc) is 2.11. The molecule has 1 aromatic carbocycles. The minimum absolute atomic E-state index is 0.333. The zero-order valence-electron chi connectivity index (χ0n) is 6.61. The molecule has 0 aliphatic carbocycles. The molecular formula is C8H7BrFN3. The lowest BCUT2D eigenvalue weighted by atomic mass is 10.3. The highest BCUT2D eigenvalue weighted by atomic mass is 79.9. The van der Waals surface area contributed by atoms with Gasteiger partial charge in [0, 0.05) is 16.8 Å². The quantitative estimate of drug-likeness (QED) is 0.484. The van der Waals surface area contributed by atoms with E-state index in [2.05, 4.69) is 26.0 Å². The molecule has 2 N–H and O–H groups in total. The van der Waals surface area contributed by atoms with E-state index in [1.165, 1.54) is 24.6 Å². The summed E-state index contributed by atoms with van der Waals surface area (Å²) in [5, 5.41) is 3.22. The number of rotatable bonds is 2. The Hall–Kier alpha value is -1.23. The summed E-state index contributed by atoms with van der Waals surface area (Å²) in [5.41, 5.74) is 0.500. The van der Waals surface area contributed by atoms with Gasteiger partial charge >= 0.3 is 0 Å². The van der Waals surface area contributed by atoms with Gasteiger partial charge in [0.25, 0.3) is 0 Å². The summed E-state index contributed by atoms with van der Waals surface area (Å²) in [6.45, 7) is 0. The topological polar surface area (TPSA) is 50.7 Å². The molecule has 0 radical (unpaired) electrons. The highest BCUT2D eigenvalue weighted by Crippen LogP contribution is 2.25. The van der Waals surface area contributed by atoms with Crippen LogP contribution in [-0.4, -0.2) is 12.4 Å². The summed E-state index contributed by atoms with van der Waals surface area (Å²) < 4.78 is 13.4. The van der Waals surface area contributed by atoms with Gasteiger partial charge in [-0.3, -0.25) is 4.99 Å². The van der Waals surface area contributed by atoms with Crippen molar-refractivity contribution in [1.29, 1.82) is 0 Å². The maximum absolute atomic E-state index is 12.7. The summed E-state index contributed by atoms with van der Waals surface area (Å²) >= 11 is 3.23. The number of hydrazone groups is 1. The first kappa shape index (κ1) is 9.85. The number of halogens is 2. The van der Waals surface area contributed by atoms with E-state index in [4.69, 9.17) is 5.84 Å². The Balaban J connectivity index is 2.93. The molecule has 0 spiro atoms. The van der Waals surface area contributed by atoms with Gasteiger partial charge in [0.1, 0.15) is 5.82 Å². The Morgan fingerprint density at radius 2 is 2.15 bits per heavy atom. The number of nitrogens with zero attached hydrogens (tertiary/aromatic N) is 2. The van der Waals surface area contributed by atoms with Gasteiger partial charge in [0.05, 0.1) is 11.9 Å². The summed E-state index contributed by atoms with van der Waals surface area (Å²) in [4.78, 5) is 3.92. The van der Waals surface area contributed by atoms with E-state index in [1.54, 1.807) is 6.07 Å². The van der Waals surface area contributed by atoms with Crippen molar-refractivity contribution in [2.75, 3.05) is 0 Å². The standard InChI is InChI=1S/C8H7BrFN3/c9-7-2-1-6(10)5-8(7)12-3-4-13-11/h1-5H,11H2. The van der Waals surface area contributed by atoms with Crippen molar-refractivity contribution in [3.8, 4) is 0 Å². The number of hydrogen-bond donors (Lipinski definition) is 1. The molecule has 68 valence electrons. The number of benzene rings is 1. The molecule has 0 saturated heterocycles. The highest BCUT2D eigenvalue weighted by Gasteiger charge is 1.97. The lowest BCUT2D eigenvalue weighted by Gasteiger charge is -1.96.